The number of rotatable bonds is 4. The van der Waals surface area contributed by atoms with Crippen molar-refractivity contribution < 1.29 is 24.2 Å². The molecule has 2 aliphatic heterocycles. The molecule has 142 valence electrons. The Bertz CT molecular complexity index is 665. The van der Waals surface area contributed by atoms with Gasteiger partial charge in [-0.3, -0.25) is 4.79 Å². The van der Waals surface area contributed by atoms with E-state index in [1.165, 1.54) is 6.42 Å². The number of carbonyl (C=O) groups is 2. The zero-order valence-electron chi connectivity index (χ0n) is 15.5. The number of piperidine rings is 1. The third-order valence-electron chi connectivity index (χ3n) is 5.55. The summed E-state index contributed by atoms with van der Waals surface area (Å²) in [6.45, 7) is 6.47. The Kier molecular flexibility index (Phi) is 5.51. The van der Waals surface area contributed by atoms with Crippen molar-refractivity contribution >= 4 is 11.9 Å². The molecule has 0 atom stereocenters. The minimum absolute atomic E-state index is 0.0477. The van der Waals surface area contributed by atoms with Gasteiger partial charge in [0.05, 0.1) is 0 Å². The monoisotopic (exact) mass is 361 g/mol. The molecule has 6 nitrogen and oxygen atoms in total. The number of carboxylic acid groups (broad SMARTS) is 1. The molecule has 1 aromatic rings. The van der Waals surface area contributed by atoms with Crippen LogP contribution < -0.4 is 4.74 Å². The van der Waals surface area contributed by atoms with Crippen LogP contribution in [0.15, 0.2) is 12.1 Å². The summed E-state index contributed by atoms with van der Waals surface area (Å²) in [5.74, 6) is -0.422. The minimum Gasteiger partial charge on any atom is -0.481 e. The SMILES string of the molecule is Cc1cc(C(=O)N2CCCC3(CCOCC3)C2)cc(C)c1OCC(=O)O. The molecule has 2 heterocycles. The summed E-state index contributed by atoms with van der Waals surface area (Å²) >= 11 is 0. The highest BCUT2D eigenvalue weighted by molar-refractivity contribution is 5.95. The fourth-order valence-corrected chi connectivity index (χ4v) is 4.21. The number of aliphatic carboxylic acids is 1. The lowest BCUT2D eigenvalue weighted by Crippen LogP contribution is -2.48. The summed E-state index contributed by atoms with van der Waals surface area (Å²) in [5, 5.41) is 8.80. The average Bonchev–Trinajstić information content (AvgIpc) is 2.60. The quantitative estimate of drug-likeness (QED) is 0.892. The largest absolute Gasteiger partial charge is 0.481 e. The van der Waals surface area contributed by atoms with Crippen molar-refractivity contribution in [1.82, 2.24) is 4.90 Å². The maximum atomic E-state index is 13.1. The fourth-order valence-electron chi connectivity index (χ4n) is 4.21. The van der Waals surface area contributed by atoms with Crippen molar-refractivity contribution in [2.75, 3.05) is 32.9 Å². The van der Waals surface area contributed by atoms with Gasteiger partial charge in [0.1, 0.15) is 5.75 Å². The van der Waals surface area contributed by atoms with Crippen molar-refractivity contribution in [3.63, 3.8) is 0 Å². The van der Waals surface area contributed by atoms with Crippen LogP contribution in [-0.4, -0.2) is 54.8 Å². The molecule has 3 rings (SSSR count). The Morgan fingerprint density at radius 2 is 1.85 bits per heavy atom. The first-order chi connectivity index (χ1) is 12.4. The second-order valence-electron chi connectivity index (χ2n) is 7.56. The molecule has 0 unspecified atom stereocenters. The highest BCUT2D eigenvalue weighted by Crippen LogP contribution is 2.39. The summed E-state index contributed by atoms with van der Waals surface area (Å²) in [6.07, 6.45) is 4.25. The topological polar surface area (TPSA) is 76.1 Å². The molecule has 6 heteroatoms. The number of ether oxygens (including phenoxy) is 2. The summed E-state index contributed by atoms with van der Waals surface area (Å²) in [6, 6.07) is 3.61. The molecule has 1 spiro atoms. The van der Waals surface area contributed by atoms with Crippen LogP contribution in [-0.2, 0) is 9.53 Å². The Labute approximate surface area is 154 Å². The van der Waals surface area contributed by atoms with Gasteiger partial charge in [0, 0.05) is 31.9 Å². The van der Waals surface area contributed by atoms with E-state index < -0.39 is 5.97 Å². The fraction of sp³-hybridized carbons (Fsp3) is 0.600. The zero-order chi connectivity index (χ0) is 18.7. The molecule has 2 saturated heterocycles. The molecule has 2 fully saturated rings. The number of benzene rings is 1. The molecule has 26 heavy (non-hydrogen) atoms. The first kappa shape index (κ1) is 18.7. The number of nitrogens with zero attached hydrogens (tertiary/aromatic N) is 1. The number of hydrogen-bond donors (Lipinski definition) is 1. The average molecular weight is 361 g/mol. The molecule has 1 amide bonds. The predicted molar refractivity (Wildman–Crippen MR) is 96.7 cm³/mol. The van der Waals surface area contributed by atoms with E-state index in [4.69, 9.17) is 14.6 Å². The van der Waals surface area contributed by atoms with Crippen LogP contribution in [0.1, 0.15) is 47.2 Å². The van der Waals surface area contributed by atoms with Gasteiger partial charge in [0.2, 0.25) is 0 Å². The molecule has 0 radical (unpaired) electrons. The van der Waals surface area contributed by atoms with Crippen LogP contribution in [0.4, 0.5) is 0 Å². The van der Waals surface area contributed by atoms with E-state index in [1.54, 1.807) is 12.1 Å². The molecular formula is C20H27NO5. The summed E-state index contributed by atoms with van der Waals surface area (Å²) in [5.41, 5.74) is 2.42. The number of carbonyl (C=O) groups excluding carboxylic acids is 1. The maximum Gasteiger partial charge on any atom is 0.341 e. The first-order valence-electron chi connectivity index (χ1n) is 9.23. The minimum atomic E-state index is -1.01. The normalized spacial score (nSPS) is 19.4. The maximum absolute atomic E-state index is 13.1. The molecule has 0 bridgehead atoms. The molecule has 1 N–H and O–H groups in total. The Hall–Kier alpha value is -2.08. The van der Waals surface area contributed by atoms with Crippen molar-refractivity contribution in [2.45, 2.75) is 39.5 Å². The number of aryl methyl sites for hydroxylation is 2. The standard InChI is InChI=1S/C20H27NO5/c1-14-10-16(11-15(2)18(14)26-12-17(22)23)19(24)21-7-3-4-20(13-21)5-8-25-9-6-20/h10-11H,3-9,12-13H2,1-2H3,(H,22,23). The van der Waals surface area contributed by atoms with Crippen LogP contribution in [0.3, 0.4) is 0 Å². The predicted octanol–water partition coefficient (Wildman–Crippen LogP) is 2.80. The van der Waals surface area contributed by atoms with Gasteiger partial charge in [-0.2, -0.15) is 0 Å². The van der Waals surface area contributed by atoms with E-state index in [0.29, 0.717) is 11.3 Å². The lowest BCUT2D eigenvalue weighted by Gasteiger charge is -2.45. The second-order valence-corrected chi connectivity index (χ2v) is 7.56. The van der Waals surface area contributed by atoms with E-state index in [1.807, 2.05) is 18.7 Å². The van der Waals surface area contributed by atoms with Crippen LogP contribution in [0.5, 0.6) is 5.75 Å². The third-order valence-corrected chi connectivity index (χ3v) is 5.55. The Morgan fingerprint density at radius 1 is 1.19 bits per heavy atom. The molecule has 2 aliphatic rings. The van der Waals surface area contributed by atoms with E-state index in [2.05, 4.69) is 0 Å². The number of carboxylic acids is 1. The summed E-state index contributed by atoms with van der Waals surface area (Å²) < 4.78 is 10.9. The van der Waals surface area contributed by atoms with Crippen molar-refractivity contribution in [3.8, 4) is 5.75 Å². The van der Waals surface area contributed by atoms with Gasteiger partial charge >= 0.3 is 5.97 Å². The number of hydrogen-bond acceptors (Lipinski definition) is 4. The highest BCUT2D eigenvalue weighted by atomic mass is 16.5. The lowest BCUT2D eigenvalue weighted by atomic mass is 9.74. The molecular weight excluding hydrogens is 334 g/mol. The third kappa shape index (κ3) is 4.01. The molecule has 0 aromatic heterocycles. The van der Waals surface area contributed by atoms with Gasteiger partial charge in [-0.05, 0) is 68.2 Å². The van der Waals surface area contributed by atoms with Gasteiger partial charge in [0.15, 0.2) is 6.61 Å². The van der Waals surface area contributed by atoms with Crippen molar-refractivity contribution in [2.24, 2.45) is 5.41 Å². The van der Waals surface area contributed by atoms with Gasteiger partial charge < -0.3 is 19.5 Å². The Balaban J connectivity index is 1.75. The van der Waals surface area contributed by atoms with Gasteiger partial charge in [-0.1, -0.05) is 0 Å². The summed E-state index contributed by atoms with van der Waals surface area (Å²) in [4.78, 5) is 25.8. The van der Waals surface area contributed by atoms with E-state index >= 15 is 0 Å². The van der Waals surface area contributed by atoms with Crippen LogP contribution >= 0.6 is 0 Å². The molecule has 0 aliphatic carbocycles. The highest BCUT2D eigenvalue weighted by Gasteiger charge is 2.38. The van der Waals surface area contributed by atoms with Crippen molar-refractivity contribution in [3.05, 3.63) is 28.8 Å². The zero-order valence-corrected chi connectivity index (χ0v) is 15.5. The van der Waals surface area contributed by atoms with Gasteiger partial charge in [0.25, 0.3) is 5.91 Å². The first-order valence-corrected chi connectivity index (χ1v) is 9.23. The van der Waals surface area contributed by atoms with Crippen LogP contribution in [0.2, 0.25) is 0 Å². The Morgan fingerprint density at radius 3 is 2.46 bits per heavy atom. The van der Waals surface area contributed by atoms with Gasteiger partial charge in [-0.15, -0.1) is 0 Å². The lowest BCUT2D eigenvalue weighted by molar-refractivity contribution is -0.139. The van der Waals surface area contributed by atoms with Crippen molar-refractivity contribution in [1.29, 1.82) is 0 Å². The van der Waals surface area contributed by atoms with Crippen LogP contribution in [0, 0.1) is 19.3 Å². The summed E-state index contributed by atoms with van der Waals surface area (Å²) in [7, 11) is 0. The smallest absolute Gasteiger partial charge is 0.341 e. The van der Waals surface area contributed by atoms with Crippen LogP contribution in [0.25, 0.3) is 0 Å². The molecule has 0 saturated carbocycles. The molecule has 1 aromatic carbocycles. The van der Waals surface area contributed by atoms with E-state index in [-0.39, 0.29) is 17.9 Å². The van der Waals surface area contributed by atoms with Gasteiger partial charge in [-0.25, -0.2) is 4.79 Å². The van der Waals surface area contributed by atoms with E-state index in [9.17, 15) is 9.59 Å². The second kappa shape index (κ2) is 7.66. The number of amides is 1. The van der Waals surface area contributed by atoms with E-state index in [0.717, 1.165) is 56.7 Å². The number of likely N-dealkylation sites (tertiary alicyclic amines) is 1.